The van der Waals surface area contributed by atoms with Gasteiger partial charge in [-0.1, -0.05) is 64.7 Å². The number of fused-ring (bicyclic) bond motifs is 1. The van der Waals surface area contributed by atoms with E-state index in [1.54, 1.807) is 0 Å². The summed E-state index contributed by atoms with van der Waals surface area (Å²) in [6.45, 7) is 11.7. The van der Waals surface area contributed by atoms with Crippen LogP contribution in [0.1, 0.15) is 126 Å². The van der Waals surface area contributed by atoms with Crippen molar-refractivity contribution in [2.45, 2.75) is 137 Å². The lowest BCUT2D eigenvalue weighted by atomic mass is 9.84. The van der Waals surface area contributed by atoms with E-state index in [9.17, 15) is 9.59 Å². The van der Waals surface area contributed by atoms with Crippen molar-refractivity contribution < 1.29 is 23.8 Å². The molecular formula is C32H51ClO5. The van der Waals surface area contributed by atoms with Gasteiger partial charge in [0.05, 0.1) is 0 Å². The van der Waals surface area contributed by atoms with Gasteiger partial charge in [0.2, 0.25) is 0 Å². The van der Waals surface area contributed by atoms with Gasteiger partial charge in [-0.25, -0.2) is 0 Å². The number of unbranched alkanes of at least 4 members (excludes halogenated alkanes) is 10. The lowest BCUT2D eigenvalue weighted by molar-refractivity contribution is -0.134. The highest BCUT2D eigenvalue weighted by atomic mass is 35.5. The second-order valence-electron chi connectivity index (χ2n) is 11.2. The van der Waals surface area contributed by atoms with Crippen LogP contribution in [0.5, 0.6) is 11.5 Å². The van der Waals surface area contributed by atoms with Gasteiger partial charge in [-0.15, -0.1) is 0 Å². The van der Waals surface area contributed by atoms with Crippen LogP contribution in [0.15, 0.2) is 0 Å². The molecule has 1 unspecified atom stereocenters. The van der Waals surface area contributed by atoms with Gasteiger partial charge in [-0.2, -0.15) is 0 Å². The highest BCUT2D eigenvalue weighted by molar-refractivity contribution is 6.63. The number of carbonyl (C=O) groups is 2. The van der Waals surface area contributed by atoms with Gasteiger partial charge >= 0.3 is 0 Å². The molecule has 2 rings (SSSR count). The van der Waals surface area contributed by atoms with E-state index in [0.717, 1.165) is 73.3 Å². The summed E-state index contributed by atoms with van der Waals surface area (Å²) in [4.78, 5) is 24.4. The Morgan fingerprint density at radius 1 is 0.842 bits per heavy atom. The van der Waals surface area contributed by atoms with Crippen molar-refractivity contribution in [3.8, 4) is 11.5 Å². The summed E-state index contributed by atoms with van der Waals surface area (Å²) in [6.07, 6.45) is 16.5. The molecule has 0 bridgehead atoms. The average Bonchev–Trinajstić information content (AvgIpc) is 2.89. The molecule has 38 heavy (non-hydrogen) atoms. The molecule has 0 aliphatic carbocycles. The zero-order chi connectivity index (χ0) is 28.0. The van der Waals surface area contributed by atoms with Crippen LogP contribution in [0, 0.1) is 20.8 Å². The lowest BCUT2D eigenvalue weighted by Gasteiger charge is -2.37. The molecule has 0 saturated heterocycles. The number of hydrogen-bond donors (Lipinski definition) is 0. The highest BCUT2D eigenvalue weighted by Crippen LogP contribution is 2.44. The molecule has 0 amide bonds. The monoisotopic (exact) mass is 550 g/mol. The number of Topliss-reactive ketones (excluding diaryl/α,β-unsaturated/α-hetero) is 1. The Hall–Kier alpha value is -1.59. The third kappa shape index (κ3) is 10.2. The third-order valence-electron chi connectivity index (χ3n) is 7.99. The van der Waals surface area contributed by atoms with Crippen molar-refractivity contribution in [3.63, 3.8) is 0 Å². The molecule has 1 atom stereocenters. The molecule has 0 spiro atoms. The number of benzene rings is 1. The van der Waals surface area contributed by atoms with Crippen molar-refractivity contribution in [2.75, 3.05) is 19.8 Å². The zero-order valence-corrected chi connectivity index (χ0v) is 25.4. The minimum absolute atomic E-state index is 0.161. The summed E-state index contributed by atoms with van der Waals surface area (Å²) in [6, 6.07) is 0. The summed E-state index contributed by atoms with van der Waals surface area (Å²) < 4.78 is 17.9. The Kier molecular flexibility index (Phi) is 14.7. The first kappa shape index (κ1) is 32.6. The minimum Gasteiger partial charge on any atom is -0.484 e. The molecule has 216 valence electrons. The molecule has 5 nitrogen and oxygen atoms in total. The molecule has 1 aromatic carbocycles. The van der Waals surface area contributed by atoms with Gasteiger partial charge in [0, 0.05) is 25.2 Å². The van der Waals surface area contributed by atoms with E-state index in [2.05, 4.69) is 6.92 Å². The summed E-state index contributed by atoms with van der Waals surface area (Å²) in [5.41, 5.74) is 3.11. The topological polar surface area (TPSA) is 61.8 Å². The fraction of sp³-hybridized carbons (Fsp3) is 0.750. The molecule has 0 aromatic heterocycles. The molecule has 1 aromatic rings. The Morgan fingerprint density at radius 2 is 1.42 bits per heavy atom. The predicted octanol–water partition coefficient (Wildman–Crippen LogP) is 8.52. The van der Waals surface area contributed by atoms with E-state index < -0.39 is 10.8 Å². The normalized spacial score (nSPS) is 16.7. The van der Waals surface area contributed by atoms with Crippen LogP contribution >= 0.6 is 11.6 Å². The molecule has 1 aliphatic rings. The SMILES string of the molecule is CCCCCCCCOCCCCCCCCC(=O)C1(C)CCc2c(C)c(OCC(=O)Cl)c(C)c(C)c2O1. The number of ketones is 1. The first-order valence-corrected chi connectivity index (χ1v) is 15.3. The van der Waals surface area contributed by atoms with E-state index in [1.165, 1.54) is 51.4 Å². The zero-order valence-electron chi connectivity index (χ0n) is 24.6. The highest BCUT2D eigenvalue weighted by Gasteiger charge is 2.40. The predicted molar refractivity (Wildman–Crippen MR) is 156 cm³/mol. The quantitative estimate of drug-likeness (QED) is 0.120. The van der Waals surface area contributed by atoms with Gasteiger partial charge in [0.15, 0.2) is 18.0 Å². The van der Waals surface area contributed by atoms with Crippen LogP contribution in [0.25, 0.3) is 0 Å². The van der Waals surface area contributed by atoms with Crippen molar-refractivity contribution >= 4 is 22.6 Å². The maximum atomic E-state index is 13.2. The van der Waals surface area contributed by atoms with Crippen molar-refractivity contribution in [1.29, 1.82) is 0 Å². The number of ether oxygens (including phenoxy) is 3. The van der Waals surface area contributed by atoms with Gasteiger partial charge in [-0.05, 0) is 88.1 Å². The van der Waals surface area contributed by atoms with Crippen molar-refractivity contribution in [3.05, 3.63) is 22.3 Å². The van der Waals surface area contributed by atoms with Gasteiger partial charge < -0.3 is 14.2 Å². The number of halogens is 1. The maximum Gasteiger partial charge on any atom is 0.259 e. The van der Waals surface area contributed by atoms with Crippen LogP contribution < -0.4 is 9.47 Å². The number of carbonyl (C=O) groups excluding carboxylic acids is 2. The van der Waals surface area contributed by atoms with E-state index in [1.807, 2.05) is 27.7 Å². The largest absolute Gasteiger partial charge is 0.484 e. The van der Waals surface area contributed by atoms with Crippen LogP contribution in [0.2, 0.25) is 0 Å². The lowest BCUT2D eigenvalue weighted by Crippen LogP contribution is -2.44. The Balaban J connectivity index is 1.67. The molecule has 6 heteroatoms. The van der Waals surface area contributed by atoms with E-state index in [0.29, 0.717) is 18.6 Å². The van der Waals surface area contributed by atoms with Gasteiger partial charge in [-0.3, -0.25) is 9.59 Å². The first-order valence-electron chi connectivity index (χ1n) is 14.9. The molecule has 0 fully saturated rings. The molecular weight excluding hydrogens is 500 g/mol. The van der Waals surface area contributed by atoms with Crippen LogP contribution in [-0.4, -0.2) is 36.4 Å². The Labute approximate surface area is 236 Å². The van der Waals surface area contributed by atoms with Crippen molar-refractivity contribution in [1.82, 2.24) is 0 Å². The van der Waals surface area contributed by atoms with E-state index >= 15 is 0 Å². The van der Waals surface area contributed by atoms with Gasteiger partial charge in [0.25, 0.3) is 5.24 Å². The standard InChI is InChI=1S/C32H51ClO5/c1-6-7-8-9-13-16-21-36-22-17-14-11-10-12-15-18-28(34)32(5)20-19-27-26(4)30(37-23-29(33)35)24(2)25(3)31(27)38-32/h6-23H2,1-5H3. The number of rotatable bonds is 20. The fourth-order valence-corrected chi connectivity index (χ4v) is 5.38. The fourth-order valence-electron chi connectivity index (χ4n) is 5.32. The second-order valence-corrected chi connectivity index (χ2v) is 11.6. The second kappa shape index (κ2) is 17.2. The van der Waals surface area contributed by atoms with E-state index in [4.69, 9.17) is 25.8 Å². The first-order chi connectivity index (χ1) is 18.2. The summed E-state index contributed by atoms with van der Waals surface area (Å²) in [5.74, 6) is 1.68. The van der Waals surface area contributed by atoms with Crippen molar-refractivity contribution in [2.24, 2.45) is 0 Å². The third-order valence-corrected chi connectivity index (χ3v) is 8.10. The van der Waals surface area contributed by atoms with E-state index in [-0.39, 0.29) is 12.4 Å². The Morgan fingerprint density at radius 3 is 2.03 bits per heavy atom. The number of hydrogen-bond acceptors (Lipinski definition) is 5. The van der Waals surface area contributed by atoms with Crippen LogP contribution in [0.4, 0.5) is 0 Å². The minimum atomic E-state index is -0.793. The summed E-state index contributed by atoms with van der Waals surface area (Å²) in [5, 5.41) is -0.526. The molecule has 1 heterocycles. The molecule has 0 N–H and O–H groups in total. The molecule has 1 aliphatic heterocycles. The molecule has 0 radical (unpaired) electrons. The molecule has 0 saturated carbocycles. The smallest absolute Gasteiger partial charge is 0.259 e. The van der Waals surface area contributed by atoms with Crippen LogP contribution in [-0.2, 0) is 20.7 Å². The Bertz CT molecular complexity index is 897. The van der Waals surface area contributed by atoms with Crippen LogP contribution in [0.3, 0.4) is 0 Å². The summed E-state index contributed by atoms with van der Waals surface area (Å²) >= 11 is 5.48. The van der Waals surface area contributed by atoms with Gasteiger partial charge in [0.1, 0.15) is 11.5 Å². The average molecular weight is 551 g/mol. The summed E-state index contributed by atoms with van der Waals surface area (Å²) in [7, 11) is 0. The maximum absolute atomic E-state index is 13.2.